The van der Waals surface area contributed by atoms with Crippen LogP contribution in [-0.4, -0.2) is 28.3 Å². The number of rotatable bonds is 3. The first-order valence-corrected chi connectivity index (χ1v) is 7.23. The summed E-state index contributed by atoms with van der Waals surface area (Å²) in [5.74, 6) is 2.74. The molecule has 5 nitrogen and oxygen atoms in total. The number of aromatic nitrogens is 3. The van der Waals surface area contributed by atoms with Crippen LogP contribution in [0.2, 0.25) is 0 Å². The van der Waals surface area contributed by atoms with E-state index in [9.17, 15) is 0 Å². The third-order valence-corrected chi connectivity index (χ3v) is 3.60. The first-order chi connectivity index (χ1) is 9.70. The topological polar surface area (TPSA) is 56.8 Å². The molecule has 20 heavy (non-hydrogen) atoms. The third-order valence-electron chi connectivity index (χ3n) is 3.60. The molecule has 0 atom stereocenters. The van der Waals surface area contributed by atoms with Gasteiger partial charge in [-0.05, 0) is 50.8 Å². The minimum atomic E-state index is 0.810. The summed E-state index contributed by atoms with van der Waals surface area (Å²) in [6, 6.07) is 6.19. The lowest BCUT2D eigenvalue weighted by Gasteiger charge is -2.28. The number of piperidine rings is 1. The Hall–Kier alpha value is -2.04. The Morgan fingerprint density at radius 2 is 1.85 bits per heavy atom. The van der Waals surface area contributed by atoms with E-state index < -0.39 is 0 Å². The first kappa shape index (κ1) is 13.0. The van der Waals surface area contributed by atoms with E-state index in [1.807, 2.05) is 13.0 Å². The van der Waals surface area contributed by atoms with Gasteiger partial charge in [-0.15, -0.1) is 0 Å². The second-order valence-electron chi connectivity index (χ2n) is 5.50. The second kappa shape index (κ2) is 5.53. The van der Waals surface area contributed by atoms with Crippen molar-refractivity contribution in [2.24, 2.45) is 0 Å². The van der Waals surface area contributed by atoms with Crippen molar-refractivity contribution in [2.45, 2.75) is 33.1 Å². The molecular formula is C15H21N5. The lowest BCUT2D eigenvalue weighted by atomic mass is 10.1. The predicted molar refractivity (Wildman–Crippen MR) is 81.6 cm³/mol. The van der Waals surface area contributed by atoms with Gasteiger partial charge in [-0.25, -0.2) is 4.98 Å². The van der Waals surface area contributed by atoms with Crippen molar-refractivity contribution in [3.8, 4) is 0 Å². The Balaban J connectivity index is 1.82. The van der Waals surface area contributed by atoms with Crippen molar-refractivity contribution in [1.82, 2.24) is 15.2 Å². The maximum Gasteiger partial charge on any atom is 0.153 e. The number of anilines is 3. The highest BCUT2D eigenvalue weighted by molar-refractivity contribution is 5.57. The molecule has 2 aromatic rings. The number of aromatic amines is 1. The van der Waals surface area contributed by atoms with Gasteiger partial charge < -0.3 is 10.2 Å². The van der Waals surface area contributed by atoms with Crippen LogP contribution >= 0.6 is 0 Å². The van der Waals surface area contributed by atoms with Crippen LogP contribution < -0.4 is 10.2 Å². The number of hydrogen-bond donors (Lipinski definition) is 2. The van der Waals surface area contributed by atoms with Gasteiger partial charge in [0.05, 0.1) is 0 Å². The number of aryl methyl sites for hydroxylation is 2. The fourth-order valence-electron chi connectivity index (χ4n) is 2.61. The lowest BCUT2D eigenvalue weighted by Crippen LogP contribution is -2.30. The molecule has 1 aliphatic heterocycles. The molecule has 0 radical (unpaired) electrons. The van der Waals surface area contributed by atoms with Crippen LogP contribution in [-0.2, 0) is 0 Å². The van der Waals surface area contributed by atoms with E-state index in [-0.39, 0.29) is 0 Å². The van der Waals surface area contributed by atoms with Gasteiger partial charge >= 0.3 is 0 Å². The second-order valence-corrected chi connectivity index (χ2v) is 5.50. The maximum absolute atomic E-state index is 4.72. The van der Waals surface area contributed by atoms with Gasteiger partial charge in [0.15, 0.2) is 5.82 Å². The highest BCUT2D eigenvalue weighted by Gasteiger charge is 2.13. The molecule has 106 valence electrons. The van der Waals surface area contributed by atoms with E-state index in [4.69, 9.17) is 4.98 Å². The van der Waals surface area contributed by atoms with Crippen molar-refractivity contribution in [1.29, 1.82) is 0 Å². The Morgan fingerprint density at radius 1 is 1.05 bits per heavy atom. The normalized spacial score (nSPS) is 15.4. The largest absolute Gasteiger partial charge is 0.357 e. The molecule has 2 N–H and O–H groups in total. The van der Waals surface area contributed by atoms with Crippen LogP contribution in [0.4, 0.5) is 17.5 Å². The highest BCUT2D eigenvalue weighted by atomic mass is 15.2. The van der Waals surface area contributed by atoms with Crippen LogP contribution in [0.5, 0.6) is 0 Å². The van der Waals surface area contributed by atoms with Crippen molar-refractivity contribution < 1.29 is 0 Å². The number of nitrogens with zero attached hydrogens (tertiary/aromatic N) is 3. The monoisotopic (exact) mass is 271 g/mol. The zero-order valence-electron chi connectivity index (χ0n) is 12.1. The van der Waals surface area contributed by atoms with Gasteiger partial charge in [0.2, 0.25) is 0 Å². The predicted octanol–water partition coefficient (Wildman–Crippen LogP) is 3.16. The molecule has 0 aliphatic carbocycles. The Morgan fingerprint density at radius 3 is 2.55 bits per heavy atom. The molecular weight excluding hydrogens is 250 g/mol. The summed E-state index contributed by atoms with van der Waals surface area (Å²) < 4.78 is 0. The van der Waals surface area contributed by atoms with Gasteiger partial charge in [0, 0.05) is 24.8 Å². The molecule has 2 aromatic heterocycles. The molecule has 1 fully saturated rings. The summed E-state index contributed by atoms with van der Waals surface area (Å²) in [5, 5.41) is 10.4. The molecule has 0 unspecified atom stereocenters. The van der Waals surface area contributed by atoms with E-state index in [2.05, 4.69) is 39.5 Å². The number of pyridine rings is 1. The molecule has 5 heteroatoms. The summed E-state index contributed by atoms with van der Waals surface area (Å²) in [6.07, 6.45) is 3.86. The zero-order chi connectivity index (χ0) is 13.9. The van der Waals surface area contributed by atoms with Crippen molar-refractivity contribution in [2.75, 3.05) is 23.3 Å². The molecule has 1 saturated heterocycles. The van der Waals surface area contributed by atoms with Crippen LogP contribution in [0.1, 0.15) is 30.5 Å². The standard InChI is InChI=1S/C15H21N5/c1-11-8-13(16-14-10-12(2)18-19-14)17-15(9-11)20-6-4-3-5-7-20/h8-10H,3-7H2,1-2H3,(H2,16,17,18,19). The van der Waals surface area contributed by atoms with Crippen LogP contribution in [0.15, 0.2) is 18.2 Å². The minimum absolute atomic E-state index is 0.810. The maximum atomic E-state index is 4.72. The van der Waals surface area contributed by atoms with Gasteiger partial charge in [0.1, 0.15) is 11.6 Å². The van der Waals surface area contributed by atoms with Crippen molar-refractivity contribution >= 4 is 17.5 Å². The minimum Gasteiger partial charge on any atom is -0.357 e. The SMILES string of the molecule is Cc1cc(Nc2cc(C)[nH]n2)nc(N2CCCCC2)c1. The molecule has 3 rings (SSSR count). The van der Waals surface area contributed by atoms with E-state index in [1.54, 1.807) is 0 Å². The van der Waals surface area contributed by atoms with Gasteiger partial charge in [0.25, 0.3) is 0 Å². The van der Waals surface area contributed by atoms with Crippen molar-refractivity contribution in [3.63, 3.8) is 0 Å². The smallest absolute Gasteiger partial charge is 0.153 e. The summed E-state index contributed by atoms with van der Waals surface area (Å²) in [7, 11) is 0. The Bertz CT molecular complexity index is 584. The van der Waals surface area contributed by atoms with E-state index >= 15 is 0 Å². The molecule has 0 bridgehead atoms. The fraction of sp³-hybridized carbons (Fsp3) is 0.467. The molecule has 0 spiro atoms. The van der Waals surface area contributed by atoms with E-state index in [1.165, 1.54) is 24.8 Å². The summed E-state index contributed by atoms with van der Waals surface area (Å²) >= 11 is 0. The van der Waals surface area contributed by atoms with Crippen molar-refractivity contribution in [3.05, 3.63) is 29.5 Å². The summed E-state index contributed by atoms with van der Waals surface area (Å²) in [5.41, 5.74) is 2.26. The molecule has 0 amide bonds. The third kappa shape index (κ3) is 2.92. The Labute approximate surface area is 119 Å². The van der Waals surface area contributed by atoms with Gasteiger partial charge in [-0.1, -0.05) is 0 Å². The van der Waals surface area contributed by atoms with E-state index in [0.29, 0.717) is 0 Å². The highest BCUT2D eigenvalue weighted by Crippen LogP contribution is 2.23. The zero-order valence-corrected chi connectivity index (χ0v) is 12.1. The molecule has 1 aliphatic rings. The summed E-state index contributed by atoms with van der Waals surface area (Å²) in [4.78, 5) is 7.10. The lowest BCUT2D eigenvalue weighted by molar-refractivity contribution is 0.573. The first-order valence-electron chi connectivity index (χ1n) is 7.23. The summed E-state index contributed by atoms with van der Waals surface area (Å²) in [6.45, 7) is 6.31. The van der Waals surface area contributed by atoms with Crippen LogP contribution in [0.3, 0.4) is 0 Å². The van der Waals surface area contributed by atoms with Crippen LogP contribution in [0.25, 0.3) is 0 Å². The average Bonchev–Trinajstić information content (AvgIpc) is 2.84. The average molecular weight is 271 g/mol. The molecule has 0 aromatic carbocycles. The molecule has 3 heterocycles. The number of nitrogens with one attached hydrogen (secondary N) is 2. The van der Waals surface area contributed by atoms with Gasteiger partial charge in [-0.2, -0.15) is 5.10 Å². The number of H-pyrrole nitrogens is 1. The molecule has 0 saturated carbocycles. The Kier molecular flexibility index (Phi) is 3.58. The van der Waals surface area contributed by atoms with Crippen LogP contribution in [0, 0.1) is 13.8 Å². The number of hydrogen-bond acceptors (Lipinski definition) is 4. The van der Waals surface area contributed by atoms with E-state index in [0.717, 1.165) is 36.2 Å². The quantitative estimate of drug-likeness (QED) is 0.900. The van der Waals surface area contributed by atoms with Gasteiger partial charge in [-0.3, -0.25) is 5.10 Å². The fourth-order valence-corrected chi connectivity index (χ4v) is 2.61.